The second-order valence-corrected chi connectivity index (χ2v) is 9.64. The van der Waals surface area contributed by atoms with Crippen molar-refractivity contribution in [2.75, 3.05) is 18.2 Å². The molecule has 3 aromatic rings. The van der Waals surface area contributed by atoms with Crippen molar-refractivity contribution in [3.8, 4) is 11.5 Å². The number of methoxy groups -OCH3 is 1. The zero-order chi connectivity index (χ0) is 25.8. The first-order chi connectivity index (χ1) is 17.3. The maximum absolute atomic E-state index is 14.0. The fourth-order valence-electron chi connectivity index (χ4n) is 3.92. The van der Waals surface area contributed by atoms with Gasteiger partial charge in [-0.15, -0.1) is 5.10 Å². The Labute approximate surface area is 213 Å². The number of anilines is 1. The van der Waals surface area contributed by atoms with Crippen LogP contribution in [0, 0.1) is 5.82 Å². The fourth-order valence-corrected chi connectivity index (χ4v) is 4.47. The molecular formula is C26H29FN4O4S. The Kier molecular flexibility index (Phi) is 7.83. The third kappa shape index (κ3) is 5.33. The Balaban J connectivity index is 1.73. The average Bonchev–Trinajstić information content (AvgIpc) is 3.24. The van der Waals surface area contributed by atoms with Gasteiger partial charge in [-0.25, -0.2) is 13.9 Å². The lowest BCUT2D eigenvalue weighted by Gasteiger charge is -2.29. The van der Waals surface area contributed by atoms with E-state index in [0.29, 0.717) is 39.4 Å². The van der Waals surface area contributed by atoms with Crippen LogP contribution in [0.1, 0.15) is 44.9 Å². The van der Waals surface area contributed by atoms with Gasteiger partial charge in [-0.3, -0.25) is 0 Å². The monoisotopic (exact) mass is 512 g/mol. The summed E-state index contributed by atoms with van der Waals surface area (Å²) in [6, 6.07) is 11.2. The first kappa shape index (κ1) is 25.6. The standard InChI is InChI=1S/C26H29FN4O4S/c1-6-36-26-29-25-28-16(4)22(24(32)35-15(2)3)23(31(25)30-26)17-11-12-20(21(13-17)33-5)34-14-18-9-7-8-10-19(18)27/h7-13,15,23H,6,14H2,1-5H3,(H,28,29,30). The van der Waals surface area contributed by atoms with E-state index in [1.807, 2.05) is 19.9 Å². The lowest BCUT2D eigenvalue weighted by atomic mass is 9.95. The molecule has 0 spiro atoms. The maximum atomic E-state index is 14.0. The topological polar surface area (TPSA) is 87.5 Å². The minimum absolute atomic E-state index is 0.0472. The van der Waals surface area contributed by atoms with Crippen LogP contribution in [0.15, 0.2) is 58.9 Å². The van der Waals surface area contributed by atoms with Gasteiger partial charge in [0.05, 0.1) is 18.8 Å². The number of esters is 1. The van der Waals surface area contributed by atoms with E-state index in [9.17, 15) is 9.18 Å². The molecule has 0 amide bonds. The van der Waals surface area contributed by atoms with Gasteiger partial charge in [-0.05, 0) is 50.3 Å². The minimum atomic E-state index is -0.597. The predicted molar refractivity (Wildman–Crippen MR) is 136 cm³/mol. The summed E-state index contributed by atoms with van der Waals surface area (Å²) in [6.07, 6.45) is -0.287. The number of hydrogen-bond donors (Lipinski definition) is 1. The van der Waals surface area contributed by atoms with E-state index in [1.165, 1.54) is 24.9 Å². The molecule has 2 aromatic carbocycles. The van der Waals surface area contributed by atoms with Crippen molar-refractivity contribution in [3.63, 3.8) is 0 Å². The van der Waals surface area contributed by atoms with Gasteiger partial charge in [0.1, 0.15) is 18.5 Å². The molecule has 1 aliphatic rings. The number of thioether (sulfide) groups is 1. The molecule has 1 aliphatic heterocycles. The van der Waals surface area contributed by atoms with Crippen molar-refractivity contribution >= 4 is 23.7 Å². The van der Waals surface area contributed by atoms with Gasteiger partial charge in [-0.2, -0.15) is 4.98 Å². The number of benzene rings is 2. The number of aromatic nitrogens is 3. The van der Waals surface area contributed by atoms with E-state index in [4.69, 9.17) is 14.2 Å². The number of rotatable bonds is 9. The number of carbonyl (C=O) groups is 1. The number of fused-ring (bicyclic) bond motifs is 1. The lowest BCUT2D eigenvalue weighted by Crippen LogP contribution is -2.30. The van der Waals surface area contributed by atoms with Crippen LogP contribution in [-0.4, -0.2) is 39.7 Å². The van der Waals surface area contributed by atoms with Crippen LogP contribution in [0.2, 0.25) is 0 Å². The quantitative estimate of drug-likeness (QED) is 0.303. The van der Waals surface area contributed by atoms with Gasteiger partial charge in [-0.1, -0.05) is 43.0 Å². The van der Waals surface area contributed by atoms with E-state index in [1.54, 1.807) is 48.9 Å². The SMILES string of the molecule is CCSc1nc2n(n1)C(c1ccc(OCc3ccccc3F)c(OC)c1)C(C(=O)OC(C)C)=C(C)N2. The van der Waals surface area contributed by atoms with E-state index in [0.717, 1.165) is 11.3 Å². The molecule has 36 heavy (non-hydrogen) atoms. The molecule has 10 heteroatoms. The zero-order valence-corrected chi connectivity index (χ0v) is 21.7. The highest BCUT2D eigenvalue weighted by Crippen LogP contribution is 2.40. The number of hydrogen-bond acceptors (Lipinski definition) is 8. The lowest BCUT2D eigenvalue weighted by molar-refractivity contribution is -0.143. The second kappa shape index (κ2) is 11.0. The number of nitrogens with one attached hydrogen (secondary N) is 1. The molecule has 190 valence electrons. The van der Waals surface area contributed by atoms with Gasteiger partial charge < -0.3 is 19.5 Å². The van der Waals surface area contributed by atoms with E-state index < -0.39 is 12.0 Å². The summed E-state index contributed by atoms with van der Waals surface area (Å²) in [5.41, 5.74) is 2.24. The number of ether oxygens (including phenoxy) is 3. The van der Waals surface area contributed by atoms with Gasteiger partial charge in [0, 0.05) is 11.3 Å². The third-order valence-corrected chi connectivity index (χ3v) is 6.23. The largest absolute Gasteiger partial charge is 0.493 e. The molecule has 0 aliphatic carbocycles. The summed E-state index contributed by atoms with van der Waals surface area (Å²) < 4.78 is 32.8. The Morgan fingerprint density at radius 2 is 2.00 bits per heavy atom. The van der Waals surface area contributed by atoms with Crippen molar-refractivity contribution in [3.05, 3.63) is 70.7 Å². The molecule has 0 fully saturated rings. The van der Waals surface area contributed by atoms with Crippen LogP contribution in [0.4, 0.5) is 10.3 Å². The Morgan fingerprint density at radius 3 is 2.69 bits per heavy atom. The molecule has 1 aromatic heterocycles. The smallest absolute Gasteiger partial charge is 0.338 e. The maximum Gasteiger partial charge on any atom is 0.338 e. The molecule has 1 atom stereocenters. The molecular weight excluding hydrogens is 483 g/mol. The summed E-state index contributed by atoms with van der Waals surface area (Å²) in [5.74, 6) is 1.46. The highest BCUT2D eigenvalue weighted by Gasteiger charge is 2.36. The molecule has 1 unspecified atom stereocenters. The molecule has 4 rings (SSSR count). The Morgan fingerprint density at radius 1 is 1.22 bits per heavy atom. The second-order valence-electron chi connectivity index (χ2n) is 8.41. The average molecular weight is 513 g/mol. The summed E-state index contributed by atoms with van der Waals surface area (Å²) in [4.78, 5) is 17.8. The molecule has 0 bridgehead atoms. The fraction of sp³-hybridized carbons (Fsp3) is 0.346. The first-order valence-electron chi connectivity index (χ1n) is 11.6. The predicted octanol–water partition coefficient (Wildman–Crippen LogP) is 5.36. The third-order valence-electron chi connectivity index (χ3n) is 5.51. The van der Waals surface area contributed by atoms with Gasteiger partial charge in [0.15, 0.2) is 11.5 Å². The molecule has 0 saturated heterocycles. The van der Waals surface area contributed by atoms with Crippen molar-refractivity contribution in [2.24, 2.45) is 0 Å². The van der Waals surface area contributed by atoms with Gasteiger partial charge in [0.25, 0.3) is 0 Å². The number of nitrogens with zero attached hydrogens (tertiary/aromatic N) is 3. The first-order valence-corrected chi connectivity index (χ1v) is 12.6. The van der Waals surface area contributed by atoms with Gasteiger partial charge >= 0.3 is 5.97 Å². The van der Waals surface area contributed by atoms with E-state index in [2.05, 4.69) is 15.4 Å². The van der Waals surface area contributed by atoms with Crippen LogP contribution in [0.3, 0.4) is 0 Å². The number of halogens is 1. The van der Waals surface area contributed by atoms with Crippen LogP contribution >= 0.6 is 11.8 Å². The normalized spacial score (nSPS) is 14.9. The van der Waals surface area contributed by atoms with Crippen LogP contribution in [0.5, 0.6) is 11.5 Å². The summed E-state index contributed by atoms with van der Waals surface area (Å²) in [7, 11) is 1.53. The van der Waals surface area contributed by atoms with Gasteiger partial charge in [0.2, 0.25) is 11.1 Å². The van der Waals surface area contributed by atoms with Crippen molar-refractivity contribution in [1.82, 2.24) is 14.8 Å². The van der Waals surface area contributed by atoms with Crippen molar-refractivity contribution in [2.45, 2.75) is 51.6 Å². The molecule has 1 N–H and O–H groups in total. The molecule has 0 radical (unpaired) electrons. The molecule has 2 heterocycles. The molecule has 0 saturated carbocycles. The summed E-state index contributed by atoms with van der Waals surface area (Å²) in [6.45, 7) is 7.50. The van der Waals surface area contributed by atoms with E-state index >= 15 is 0 Å². The molecule has 8 nitrogen and oxygen atoms in total. The van der Waals surface area contributed by atoms with Crippen LogP contribution in [0.25, 0.3) is 0 Å². The summed E-state index contributed by atoms with van der Waals surface area (Å²) >= 11 is 1.51. The number of allylic oxidation sites excluding steroid dienone is 1. The summed E-state index contributed by atoms with van der Waals surface area (Å²) in [5, 5.41) is 8.45. The Bertz CT molecular complexity index is 1290. The van der Waals surface area contributed by atoms with Crippen LogP contribution < -0.4 is 14.8 Å². The Hall–Kier alpha value is -3.53. The van der Waals surface area contributed by atoms with Crippen LogP contribution in [-0.2, 0) is 16.1 Å². The van der Waals surface area contributed by atoms with E-state index in [-0.39, 0.29) is 18.5 Å². The highest BCUT2D eigenvalue weighted by molar-refractivity contribution is 7.99. The zero-order valence-electron chi connectivity index (χ0n) is 20.9. The number of carbonyl (C=O) groups excluding carboxylic acids is 1. The van der Waals surface area contributed by atoms with Crippen molar-refractivity contribution < 1.29 is 23.4 Å². The highest BCUT2D eigenvalue weighted by atomic mass is 32.2. The van der Waals surface area contributed by atoms with Crippen molar-refractivity contribution in [1.29, 1.82) is 0 Å². The minimum Gasteiger partial charge on any atom is -0.493 e.